The van der Waals surface area contributed by atoms with Gasteiger partial charge in [0.2, 0.25) is 0 Å². The van der Waals surface area contributed by atoms with E-state index < -0.39 is 23.8 Å². The molecule has 4 amide bonds. The summed E-state index contributed by atoms with van der Waals surface area (Å²) in [4.78, 5) is 49.6. The molecule has 1 N–H and O–H groups in total. The Labute approximate surface area is 182 Å². The van der Waals surface area contributed by atoms with Crippen molar-refractivity contribution >= 4 is 35.6 Å². The third-order valence-corrected chi connectivity index (χ3v) is 5.00. The van der Waals surface area contributed by atoms with E-state index in [9.17, 15) is 24.3 Å². The van der Waals surface area contributed by atoms with E-state index in [0.717, 1.165) is 16.9 Å². The normalized spacial score (nSPS) is 15.2. The number of hydrogen-bond donors (Lipinski definition) is 1. The number of carboxylic acids is 1. The summed E-state index contributed by atoms with van der Waals surface area (Å²) in [5, 5.41) is 13.2. The minimum absolute atomic E-state index is 0.0103. The second kappa shape index (κ2) is 8.35. The summed E-state index contributed by atoms with van der Waals surface area (Å²) in [5.74, 6) is -2.40. The van der Waals surface area contributed by atoms with Gasteiger partial charge in [0, 0.05) is 5.56 Å². The second-order valence-corrected chi connectivity index (χ2v) is 7.05. The van der Waals surface area contributed by atoms with Crippen LogP contribution in [0.4, 0.5) is 10.5 Å². The van der Waals surface area contributed by atoms with Crippen LogP contribution in [0.2, 0.25) is 0 Å². The molecule has 0 aliphatic carbocycles. The Hall–Kier alpha value is -4.46. The zero-order valence-corrected chi connectivity index (χ0v) is 17.0. The van der Waals surface area contributed by atoms with Crippen LogP contribution in [0, 0.1) is 0 Å². The van der Waals surface area contributed by atoms with Crippen LogP contribution < -0.4 is 15.3 Å². The van der Waals surface area contributed by atoms with E-state index in [1.165, 1.54) is 24.3 Å². The highest BCUT2D eigenvalue weighted by molar-refractivity contribution is 6.39. The summed E-state index contributed by atoms with van der Waals surface area (Å²) >= 11 is 0. The van der Waals surface area contributed by atoms with Gasteiger partial charge in [0.25, 0.3) is 11.8 Å². The van der Waals surface area contributed by atoms with Crippen molar-refractivity contribution in [3.63, 3.8) is 0 Å². The molecule has 1 aromatic heterocycles. The maximum Gasteiger partial charge on any atom is 0.335 e. The maximum absolute atomic E-state index is 13.0. The Morgan fingerprint density at radius 1 is 1.06 bits per heavy atom. The average Bonchev–Trinajstić information content (AvgIpc) is 3.26. The zero-order valence-electron chi connectivity index (χ0n) is 17.0. The lowest BCUT2D eigenvalue weighted by atomic mass is 10.1. The molecule has 1 aliphatic rings. The second-order valence-electron chi connectivity index (χ2n) is 7.05. The monoisotopic (exact) mass is 429 g/mol. The van der Waals surface area contributed by atoms with Gasteiger partial charge in [0.1, 0.15) is 17.1 Å². The lowest BCUT2D eigenvalue weighted by molar-refractivity contribution is -0.255. The van der Waals surface area contributed by atoms with Crippen molar-refractivity contribution in [1.82, 2.24) is 5.32 Å². The van der Waals surface area contributed by atoms with Gasteiger partial charge >= 0.3 is 6.03 Å². The van der Waals surface area contributed by atoms with E-state index in [1.807, 2.05) is 6.92 Å². The van der Waals surface area contributed by atoms with Gasteiger partial charge in [-0.25, -0.2) is 9.69 Å². The van der Waals surface area contributed by atoms with Gasteiger partial charge in [0.15, 0.2) is 0 Å². The number of imide groups is 2. The number of furan rings is 1. The van der Waals surface area contributed by atoms with Crippen molar-refractivity contribution in [3.8, 4) is 11.3 Å². The van der Waals surface area contributed by atoms with E-state index in [0.29, 0.717) is 17.0 Å². The predicted molar refractivity (Wildman–Crippen MR) is 113 cm³/mol. The number of carboxylic acid groups (broad SMARTS) is 1. The van der Waals surface area contributed by atoms with E-state index in [4.69, 9.17) is 4.42 Å². The molecule has 0 unspecified atom stereocenters. The van der Waals surface area contributed by atoms with Crippen LogP contribution in [-0.4, -0.2) is 23.8 Å². The summed E-state index contributed by atoms with van der Waals surface area (Å²) in [6.45, 7) is 1.99. The molecule has 0 saturated carbocycles. The molecule has 0 radical (unpaired) electrons. The van der Waals surface area contributed by atoms with E-state index in [2.05, 4.69) is 5.32 Å². The number of hydrogen-bond acceptors (Lipinski definition) is 6. The summed E-state index contributed by atoms with van der Waals surface area (Å²) in [7, 11) is 0. The Morgan fingerprint density at radius 2 is 1.81 bits per heavy atom. The highest BCUT2D eigenvalue weighted by Gasteiger charge is 2.37. The molecule has 32 heavy (non-hydrogen) atoms. The van der Waals surface area contributed by atoms with Crippen molar-refractivity contribution in [2.24, 2.45) is 0 Å². The Morgan fingerprint density at radius 3 is 2.50 bits per heavy atom. The van der Waals surface area contributed by atoms with Crippen LogP contribution in [0.15, 0.2) is 70.7 Å². The van der Waals surface area contributed by atoms with Crippen molar-refractivity contribution < 1.29 is 28.7 Å². The number of aryl methyl sites for hydroxylation is 1. The first kappa shape index (κ1) is 20.8. The number of carbonyl (C=O) groups is 4. The van der Waals surface area contributed by atoms with Gasteiger partial charge in [-0.1, -0.05) is 37.3 Å². The summed E-state index contributed by atoms with van der Waals surface area (Å²) in [6.07, 6.45) is 2.04. The van der Waals surface area contributed by atoms with Gasteiger partial charge < -0.3 is 14.3 Å². The van der Waals surface area contributed by atoms with Crippen molar-refractivity contribution in [1.29, 1.82) is 0 Å². The van der Waals surface area contributed by atoms with Gasteiger partial charge in [-0.3, -0.25) is 14.9 Å². The predicted octanol–water partition coefficient (Wildman–Crippen LogP) is 2.54. The maximum atomic E-state index is 13.0. The zero-order chi connectivity index (χ0) is 22.8. The molecule has 2 aromatic carbocycles. The fourth-order valence-electron chi connectivity index (χ4n) is 3.30. The SMILES string of the molecule is CCc1ccc(N2C(=O)NC(=O)/C(=C/c3ccc(-c4cccc(C(=O)[O-])c4)o3)C2=O)cc1. The number of aromatic carboxylic acids is 1. The van der Waals surface area contributed by atoms with Gasteiger partial charge in [-0.15, -0.1) is 0 Å². The molecular weight excluding hydrogens is 412 g/mol. The quantitative estimate of drug-likeness (QED) is 0.492. The number of barbiturate groups is 1. The minimum atomic E-state index is -1.32. The highest BCUT2D eigenvalue weighted by atomic mass is 16.4. The summed E-state index contributed by atoms with van der Waals surface area (Å²) in [6, 6.07) is 15.2. The van der Waals surface area contributed by atoms with Crippen molar-refractivity contribution in [3.05, 3.63) is 83.1 Å². The molecule has 3 aromatic rings. The molecule has 2 heterocycles. The molecule has 8 heteroatoms. The van der Waals surface area contributed by atoms with Gasteiger partial charge in [-0.2, -0.15) is 0 Å². The first-order valence-electron chi connectivity index (χ1n) is 9.79. The van der Waals surface area contributed by atoms with Gasteiger partial charge in [-0.05, 0) is 54.0 Å². The Bertz CT molecular complexity index is 1270. The van der Waals surface area contributed by atoms with Gasteiger partial charge in [0.05, 0.1) is 11.7 Å². The first-order chi connectivity index (χ1) is 15.4. The number of carbonyl (C=O) groups excluding carboxylic acids is 4. The molecule has 1 fully saturated rings. The lowest BCUT2D eigenvalue weighted by Gasteiger charge is -2.26. The fourth-order valence-corrected chi connectivity index (χ4v) is 3.30. The first-order valence-corrected chi connectivity index (χ1v) is 9.79. The van der Waals surface area contributed by atoms with Crippen LogP contribution in [0.1, 0.15) is 28.6 Å². The summed E-state index contributed by atoms with van der Waals surface area (Å²) < 4.78 is 5.68. The van der Waals surface area contributed by atoms with Crippen molar-refractivity contribution in [2.45, 2.75) is 13.3 Å². The van der Waals surface area contributed by atoms with E-state index in [-0.39, 0.29) is 16.9 Å². The Balaban J connectivity index is 1.65. The molecule has 0 atom stereocenters. The number of benzene rings is 2. The molecule has 8 nitrogen and oxygen atoms in total. The van der Waals surface area contributed by atoms with E-state index in [1.54, 1.807) is 42.5 Å². The number of amides is 4. The number of nitrogens with one attached hydrogen (secondary N) is 1. The standard InChI is InChI=1S/C24H18N2O6/c1-2-14-6-8-17(9-7-14)26-22(28)19(21(27)25-24(26)31)13-18-10-11-20(32-18)15-4-3-5-16(12-15)23(29)30/h3-13H,2H2,1H3,(H,29,30)(H,25,27,31)/p-1/b19-13-. The molecule has 0 spiro atoms. The van der Waals surface area contributed by atoms with E-state index >= 15 is 0 Å². The third-order valence-electron chi connectivity index (χ3n) is 5.00. The average molecular weight is 429 g/mol. The largest absolute Gasteiger partial charge is 0.545 e. The summed E-state index contributed by atoms with van der Waals surface area (Å²) in [5.41, 5.74) is 1.58. The molecule has 4 rings (SSSR count). The highest BCUT2D eigenvalue weighted by Crippen LogP contribution is 2.26. The van der Waals surface area contributed by atoms with Crippen molar-refractivity contribution in [2.75, 3.05) is 4.90 Å². The lowest BCUT2D eigenvalue weighted by Crippen LogP contribution is -2.54. The minimum Gasteiger partial charge on any atom is -0.545 e. The van der Waals surface area contributed by atoms with Crippen LogP contribution in [0.25, 0.3) is 17.4 Å². The molecule has 160 valence electrons. The fraction of sp³-hybridized carbons (Fsp3) is 0.0833. The molecular formula is C24H17N2O6-. The smallest absolute Gasteiger partial charge is 0.335 e. The number of anilines is 1. The number of nitrogens with zero attached hydrogens (tertiary/aromatic N) is 1. The molecule has 1 saturated heterocycles. The molecule has 0 bridgehead atoms. The molecule has 1 aliphatic heterocycles. The number of urea groups is 1. The van der Waals surface area contributed by atoms with Crippen LogP contribution in [0.5, 0.6) is 0 Å². The Kier molecular flexibility index (Phi) is 5.43. The van der Waals surface area contributed by atoms with Crippen LogP contribution in [-0.2, 0) is 16.0 Å². The van der Waals surface area contributed by atoms with Crippen LogP contribution >= 0.6 is 0 Å². The topological polar surface area (TPSA) is 120 Å². The number of rotatable bonds is 5. The van der Waals surface area contributed by atoms with Crippen LogP contribution in [0.3, 0.4) is 0 Å². The third kappa shape index (κ3) is 3.93.